The van der Waals surface area contributed by atoms with Gasteiger partial charge in [-0.15, -0.1) is 0 Å². The number of rotatable bonds is 0. The van der Waals surface area contributed by atoms with Crippen molar-refractivity contribution in [2.75, 3.05) is 0 Å². The molecular weight excluding hydrogens is 324 g/mol. The van der Waals surface area contributed by atoms with Gasteiger partial charge in [-0.2, -0.15) is 0 Å². The summed E-state index contributed by atoms with van der Waals surface area (Å²) in [6.45, 7) is 0. The summed E-state index contributed by atoms with van der Waals surface area (Å²) >= 11 is 0. The molecule has 1 radical (unpaired) electrons. The summed E-state index contributed by atoms with van der Waals surface area (Å²) in [5.74, 6) is 0. The van der Waals surface area contributed by atoms with Crippen molar-refractivity contribution in [3.63, 3.8) is 0 Å². The smallest absolute Gasteiger partial charge is 0 e. The van der Waals surface area contributed by atoms with E-state index in [-0.39, 0.29) is 60.2 Å². The Labute approximate surface area is 59.9 Å². The molecule has 0 amide bonds. The van der Waals surface area contributed by atoms with Crippen LogP contribution in [0.15, 0.2) is 0 Å². The van der Waals surface area contributed by atoms with E-state index in [1.807, 2.05) is 0 Å². The van der Waals surface area contributed by atoms with E-state index in [1.165, 1.54) is 0 Å². The molecule has 1 nitrogen and oxygen atoms in total. The van der Waals surface area contributed by atoms with E-state index in [2.05, 4.69) is 0 Å². The third-order valence-electron chi connectivity index (χ3n) is 0. The maximum atomic E-state index is 0. The molecule has 4 heteroatoms. The third kappa shape index (κ3) is 9.60. The van der Waals surface area contributed by atoms with E-state index in [0.29, 0.717) is 0 Å². The van der Waals surface area contributed by atoms with Gasteiger partial charge in [0.1, 0.15) is 0 Å². The zero-order valence-electron chi connectivity index (χ0n) is 1.70. The quantitative estimate of drug-likeness (QED) is 0.424. The summed E-state index contributed by atoms with van der Waals surface area (Å²) in [7, 11) is 0. The fraction of sp³-hybridized carbons (Fsp3) is 0. The Bertz CT molecular complexity index is 6.00. The molecule has 0 rings (SSSR count). The van der Waals surface area contributed by atoms with Gasteiger partial charge < -0.3 is 30.3 Å². The van der Waals surface area contributed by atoms with Crippen molar-refractivity contribution in [1.29, 1.82) is 0 Å². The van der Waals surface area contributed by atoms with Gasteiger partial charge in [0.05, 0.1) is 0 Å². The molecule has 0 spiro atoms. The van der Waals surface area contributed by atoms with Gasteiger partial charge in [0.15, 0.2) is 0 Å². The van der Waals surface area contributed by atoms with Gasteiger partial charge >= 0.3 is 0 Å². The largest absolute Gasteiger partial charge is 1.00 e. The summed E-state index contributed by atoms with van der Waals surface area (Å²) in [5, 5.41) is 0. The Balaban J connectivity index is 0. The van der Waals surface area contributed by atoms with Gasteiger partial charge in [-0.3, -0.25) is 0 Å². The number of hydrogen-bond donors (Lipinski definition) is 0. The Morgan fingerprint density at radius 3 is 0.750 bits per heavy atom. The first kappa shape index (κ1) is 47.7. The van der Waals surface area contributed by atoms with Crippen molar-refractivity contribution >= 4 is 0 Å². The van der Waals surface area contributed by atoms with Gasteiger partial charge in [-0.1, -0.05) is 0 Å². The molecule has 0 aromatic heterocycles. The maximum Gasteiger partial charge on any atom is 0 e. The number of halogens is 2. The molecule has 0 aromatic rings. The standard InChI is InChI=1S/2ClH.Np.H2O/h2*1H;;1H2/p-2. The van der Waals surface area contributed by atoms with E-state index in [1.54, 1.807) is 0 Å². The monoisotopic (exact) mass is 324 g/mol. The maximum absolute atomic E-state index is 0. The van der Waals surface area contributed by atoms with Gasteiger partial charge in [0.2, 0.25) is 0 Å². The van der Waals surface area contributed by atoms with Crippen LogP contribution in [0.3, 0.4) is 0 Å². The van der Waals surface area contributed by atoms with E-state index < -0.39 is 0 Å². The molecule has 0 aliphatic rings. The van der Waals surface area contributed by atoms with E-state index in [0.717, 1.165) is 0 Å². The molecule has 0 unspecified atom stereocenters. The summed E-state index contributed by atoms with van der Waals surface area (Å²) in [6.07, 6.45) is 0. The minimum absolute atomic E-state index is 0. The zero-order valence-corrected chi connectivity index (χ0v) is 6.94. The second-order valence-corrected chi connectivity index (χ2v) is 0. The Kier molecular flexibility index (Phi) is 284. The minimum atomic E-state index is 0. The van der Waals surface area contributed by atoms with Crippen molar-refractivity contribution in [3.05, 3.63) is 0 Å². The topological polar surface area (TPSA) is 31.5 Å². The molecule has 0 saturated heterocycles. The van der Waals surface area contributed by atoms with Crippen LogP contribution in [0, 0.1) is 29.9 Å². The molecule has 0 atom stereocenters. The van der Waals surface area contributed by atoms with Gasteiger partial charge in [0.25, 0.3) is 0 Å². The summed E-state index contributed by atoms with van der Waals surface area (Å²) < 4.78 is 0. The SMILES string of the molecule is O.[Cl-].[Cl-].[Np]. The molecule has 0 saturated carbocycles. The van der Waals surface area contributed by atoms with E-state index >= 15 is 0 Å². The molecule has 0 aliphatic carbocycles. The predicted octanol–water partition coefficient (Wildman–Crippen LogP) is -6.82. The summed E-state index contributed by atoms with van der Waals surface area (Å²) in [5.41, 5.74) is 0. The van der Waals surface area contributed by atoms with Gasteiger partial charge in [-0.05, 0) is 0 Å². The molecule has 0 aromatic carbocycles. The van der Waals surface area contributed by atoms with Crippen LogP contribution in [-0.2, 0) is 0 Å². The zero-order chi connectivity index (χ0) is 0. The van der Waals surface area contributed by atoms with Crippen molar-refractivity contribution in [3.8, 4) is 0 Å². The summed E-state index contributed by atoms with van der Waals surface area (Å²) in [6, 6.07) is 0. The average molecular weight is 326 g/mol. The molecule has 0 bridgehead atoms. The fourth-order valence-corrected chi connectivity index (χ4v) is 0. The van der Waals surface area contributed by atoms with E-state index in [4.69, 9.17) is 0 Å². The van der Waals surface area contributed by atoms with Crippen LogP contribution in [0.4, 0.5) is 0 Å². The molecule has 4 heavy (non-hydrogen) atoms. The Hall–Kier alpha value is 1.55. The summed E-state index contributed by atoms with van der Waals surface area (Å²) in [4.78, 5) is 0. The van der Waals surface area contributed by atoms with Crippen LogP contribution in [0.5, 0.6) is 0 Å². The second-order valence-electron chi connectivity index (χ2n) is 0. The second kappa shape index (κ2) is 23.8. The van der Waals surface area contributed by atoms with Crippen molar-refractivity contribution in [2.45, 2.75) is 0 Å². The van der Waals surface area contributed by atoms with Crippen LogP contribution >= 0.6 is 0 Å². The van der Waals surface area contributed by atoms with Gasteiger partial charge in [0, 0.05) is 29.9 Å². The third-order valence-corrected chi connectivity index (χ3v) is 0. The van der Waals surface area contributed by atoms with E-state index in [9.17, 15) is 0 Å². The Morgan fingerprint density at radius 1 is 0.750 bits per heavy atom. The van der Waals surface area contributed by atoms with Crippen LogP contribution in [0.1, 0.15) is 0 Å². The minimum Gasteiger partial charge on any atom is -1.00 e. The van der Waals surface area contributed by atoms with Crippen LogP contribution in [0.25, 0.3) is 0 Å². The van der Waals surface area contributed by atoms with Crippen LogP contribution < -0.4 is 24.8 Å². The van der Waals surface area contributed by atoms with Gasteiger partial charge in [-0.25, -0.2) is 0 Å². The Morgan fingerprint density at radius 2 is 0.750 bits per heavy atom. The first-order chi connectivity index (χ1) is 0. The van der Waals surface area contributed by atoms with Crippen LogP contribution in [-0.4, -0.2) is 5.48 Å². The predicted molar refractivity (Wildman–Crippen MR) is 3.61 cm³/mol. The first-order valence-electron chi connectivity index (χ1n) is 0. The van der Waals surface area contributed by atoms with Crippen LogP contribution in [0.2, 0.25) is 0 Å². The molecule has 29 valence electrons. The molecule has 0 fully saturated rings. The fourth-order valence-electron chi connectivity index (χ4n) is 0. The number of hydrogen-bond acceptors (Lipinski definition) is 0. The molecule has 2 N–H and O–H groups in total. The van der Waals surface area contributed by atoms with Crippen molar-refractivity contribution in [1.82, 2.24) is 0 Å². The van der Waals surface area contributed by atoms with Crippen molar-refractivity contribution < 1.29 is 60.2 Å². The first-order valence-corrected chi connectivity index (χ1v) is 0. The molecular formula is H2Cl2NpO-2. The normalized spacial score (nSPS) is 0. The molecule has 0 heterocycles. The molecule has 0 aliphatic heterocycles. The van der Waals surface area contributed by atoms with Crippen molar-refractivity contribution in [2.24, 2.45) is 0 Å². The average Bonchev–Trinajstić information content (AvgIpc) is 0.